The number of aliphatic hydroxyl groups excluding tert-OH is 2. The van der Waals surface area contributed by atoms with Gasteiger partial charge in [0.25, 0.3) is 0 Å². The maximum atomic E-state index is 9.38. The van der Waals surface area contributed by atoms with Crippen molar-refractivity contribution in [2.24, 2.45) is 0 Å². The lowest BCUT2D eigenvalue weighted by Crippen LogP contribution is -2.06. The average molecular weight is 168 g/mol. The summed E-state index contributed by atoms with van der Waals surface area (Å²) in [7, 11) is 0. The second-order valence-corrected chi connectivity index (χ2v) is 3.65. The molecule has 0 fully saturated rings. The molecule has 0 aromatic heterocycles. The molecule has 1 aliphatic heterocycles. The van der Waals surface area contributed by atoms with Crippen LogP contribution in [0.3, 0.4) is 0 Å². The Morgan fingerprint density at radius 1 is 1.18 bits per heavy atom. The van der Waals surface area contributed by atoms with E-state index in [4.69, 9.17) is 0 Å². The first-order chi connectivity index (χ1) is 5.29. The second kappa shape index (κ2) is 2.52. The van der Waals surface area contributed by atoms with Crippen molar-refractivity contribution >= 4 is 11.8 Å². The molecule has 1 aromatic rings. The highest BCUT2D eigenvalue weighted by Crippen LogP contribution is 2.42. The van der Waals surface area contributed by atoms with Gasteiger partial charge in [-0.3, -0.25) is 0 Å². The molecular formula is C8H8O2S. The van der Waals surface area contributed by atoms with E-state index < -0.39 is 11.5 Å². The Morgan fingerprint density at radius 3 is 2.64 bits per heavy atom. The smallest absolute Gasteiger partial charge is 0.134 e. The minimum atomic E-state index is -0.712. The first-order valence-electron chi connectivity index (χ1n) is 3.41. The van der Waals surface area contributed by atoms with Crippen molar-refractivity contribution in [3.8, 4) is 0 Å². The van der Waals surface area contributed by atoms with Crippen molar-refractivity contribution in [3.63, 3.8) is 0 Å². The lowest BCUT2D eigenvalue weighted by Gasteiger charge is -2.05. The van der Waals surface area contributed by atoms with E-state index >= 15 is 0 Å². The third-order valence-electron chi connectivity index (χ3n) is 1.76. The molecule has 2 rings (SSSR count). The number of hydrogen-bond donors (Lipinski definition) is 2. The summed E-state index contributed by atoms with van der Waals surface area (Å²) < 4.78 is 0. The molecule has 0 amide bonds. The number of benzene rings is 1. The Bertz CT molecular complexity index is 275. The van der Waals surface area contributed by atoms with Crippen LogP contribution in [0.15, 0.2) is 29.2 Å². The number of rotatable bonds is 0. The van der Waals surface area contributed by atoms with E-state index in [0.29, 0.717) is 0 Å². The van der Waals surface area contributed by atoms with E-state index in [0.717, 1.165) is 10.5 Å². The standard InChI is InChI=1S/C8H8O2S/c9-7-5-3-1-2-4-6(5)11-8(7)10/h1-4,7-10H. The van der Waals surface area contributed by atoms with Gasteiger partial charge in [0.1, 0.15) is 11.5 Å². The van der Waals surface area contributed by atoms with Gasteiger partial charge in [-0.15, -0.1) is 0 Å². The molecule has 0 saturated heterocycles. The van der Waals surface area contributed by atoms with Crippen molar-refractivity contribution in [3.05, 3.63) is 29.8 Å². The van der Waals surface area contributed by atoms with E-state index in [1.165, 1.54) is 11.8 Å². The normalized spacial score (nSPS) is 28.5. The number of fused-ring (bicyclic) bond motifs is 1. The molecule has 3 heteroatoms. The summed E-state index contributed by atoms with van der Waals surface area (Å²) >= 11 is 1.30. The van der Waals surface area contributed by atoms with Gasteiger partial charge >= 0.3 is 0 Å². The lowest BCUT2D eigenvalue weighted by molar-refractivity contribution is 0.0772. The summed E-state index contributed by atoms with van der Waals surface area (Å²) in [6, 6.07) is 7.50. The molecule has 0 spiro atoms. The first-order valence-corrected chi connectivity index (χ1v) is 4.29. The molecule has 11 heavy (non-hydrogen) atoms. The van der Waals surface area contributed by atoms with Crippen LogP contribution in [-0.2, 0) is 0 Å². The Balaban J connectivity index is 2.47. The van der Waals surface area contributed by atoms with Crippen LogP contribution in [0.4, 0.5) is 0 Å². The van der Waals surface area contributed by atoms with Gasteiger partial charge in [-0.25, -0.2) is 0 Å². The van der Waals surface area contributed by atoms with Gasteiger partial charge < -0.3 is 10.2 Å². The molecule has 1 heterocycles. The van der Waals surface area contributed by atoms with Crippen LogP contribution >= 0.6 is 11.8 Å². The monoisotopic (exact) mass is 168 g/mol. The molecular weight excluding hydrogens is 160 g/mol. The minimum absolute atomic E-state index is 0.688. The summed E-state index contributed by atoms with van der Waals surface area (Å²) in [5, 5.41) is 18.6. The largest absolute Gasteiger partial charge is 0.385 e. The molecule has 2 nitrogen and oxygen atoms in total. The fourth-order valence-corrected chi connectivity index (χ4v) is 2.20. The van der Waals surface area contributed by atoms with E-state index in [1.807, 2.05) is 24.3 Å². The van der Waals surface area contributed by atoms with Gasteiger partial charge in [0, 0.05) is 4.90 Å². The Hall–Kier alpha value is -0.510. The van der Waals surface area contributed by atoms with Gasteiger partial charge in [-0.2, -0.15) is 0 Å². The zero-order valence-corrected chi connectivity index (χ0v) is 6.58. The molecule has 0 aliphatic carbocycles. The second-order valence-electron chi connectivity index (χ2n) is 2.49. The van der Waals surface area contributed by atoms with Crippen LogP contribution in [0.2, 0.25) is 0 Å². The lowest BCUT2D eigenvalue weighted by atomic mass is 10.1. The minimum Gasteiger partial charge on any atom is -0.385 e. The van der Waals surface area contributed by atoms with Crippen molar-refractivity contribution in [2.45, 2.75) is 16.4 Å². The summed E-state index contributed by atoms with van der Waals surface area (Å²) in [5.74, 6) is 0. The average Bonchev–Trinajstić information content (AvgIpc) is 2.30. The zero-order valence-electron chi connectivity index (χ0n) is 5.77. The van der Waals surface area contributed by atoms with Crippen molar-refractivity contribution < 1.29 is 10.2 Å². The van der Waals surface area contributed by atoms with Gasteiger partial charge in [-0.1, -0.05) is 30.0 Å². The quantitative estimate of drug-likeness (QED) is 0.610. The maximum absolute atomic E-state index is 9.38. The molecule has 58 valence electrons. The molecule has 1 aromatic carbocycles. The summed E-state index contributed by atoms with van der Waals surface area (Å²) in [5.41, 5.74) is 0.150. The van der Waals surface area contributed by atoms with Gasteiger partial charge in [0.2, 0.25) is 0 Å². The number of hydrogen-bond acceptors (Lipinski definition) is 3. The SMILES string of the molecule is OC1Sc2ccccc2C1O. The first kappa shape index (κ1) is 7.16. The predicted octanol–water partition coefficient (Wildman–Crippen LogP) is 1.14. The zero-order chi connectivity index (χ0) is 7.84. The third-order valence-corrected chi connectivity index (χ3v) is 2.88. The summed E-state index contributed by atoms with van der Waals surface area (Å²) in [6.07, 6.45) is -0.712. The van der Waals surface area contributed by atoms with E-state index in [1.54, 1.807) is 0 Å². The Labute approximate surface area is 68.9 Å². The Kier molecular flexibility index (Phi) is 1.64. The van der Waals surface area contributed by atoms with E-state index in [2.05, 4.69) is 0 Å². The van der Waals surface area contributed by atoms with Gasteiger partial charge in [-0.05, 0) is 11.6 Å². The molecule has 1 aliphatic rings. The van der Waals surface area contributed by atoms with Gasteiger partial charge in [0.05, 0.1) is 0 Å². The summed E-state index contributed by atoms with van der Waals surface area (Å²) in [6.45, 7) is 0. The van der Waals surface area contributed by atoms with E-state index in [-0.39, 0.29) is 0 Å². The highest BCUT2D eigenvalue weighted by Gasteiger charge is 2.29. The van der Waals surface area contributed by atoms with Crippen molar-refractivity contribution in [1.82, 2.24) is 0 Å². The number of aliphatic hydroxyl groups is 2. The molecule has 0 radical (unpaired) electrons. The van der Waals surface area contributed by atoms with Crippen LogP contribution in [-0.4, -0.2) is 15.6 Å². The highest BCUT2D eigenvalue weighted by molar-refractivity contribution is 8.00. The third kappa shape index (κ3) is 1.05. The van der Waals surface area contributed by atoms with Crippen molar-refractivity contribution in [2.75, 3.05) is 0 Å². The van der Waals surface area contributed by atoms with Crippen molar-refractivity contribution in [1.29, 1.82) is 0 Å². The van der Waals surface area contributed by atoms with Crippen LogP contribution < -0.4 is 0 Å². The van der Waals surface area contributed by atoms with Gasteiger partial charge in [0.15, 0.2) is 0 Å². The maximum Gasteiger partial charge on any atom is 0.134 e. The van der Waals surface area contributed by atoms with Crippen LogP contribution in [0, 0.1) is 0 Å². The van der Waals surface area contributed by atoms with Crippen LogP contribution in [0.5, 0.6) is 0 Å². The molecule has 2 N–H and O–H groups in total. The fourth-order valence-electron chi connectivity index (χ4n) is 1.18. The fraction of sp³-hybridized carbons (Fsp3) is 0.250. The summed E-state index contributed by atoms with van der Waals surface area (Å²) in [4.78, 5) is 0.979. The predicted molar refractivity (Wildman–Crippen MR) is 43.3 cm³/mol. The topological polar surface area (TPSA) is 40.5 Å². The Morgan fingerprint density at radius 2 is 1.91 bits per heavy atom. The highest BCUT2D eigenvalue weighted by atomic mass is 32.2. The number of thioether (sulfide) groups is 1. The van der Waals surface area contributed by atoms with Crippen LogP contribution in [0.25, 0.3) is 0 Å². The van der Waals surface area contributed by atoms with E-state index in [9.17, 15) is 10.2 Å². The molecule has 0 bridgehead atoms. The molecule has 0 saturated carbocycles. The molecule has 2 atom stereocenters. The van der Waals surface area contributed by atoms with Crippen LogP contribution in [0.1, 0.15) is 11.7 Å². The molecule has 2 unspecified atom stereocenters.